The second-order valence-corrected chi connectivity index (χ2v) is 7.89. The highest BCUT2D eigenvalue weighted by molar-refractivity contribution is 7.90. The van der Waals surface area contributed by atoms with Gasteiger partial charge in [0.05, 0.1) is 17.5 Å². The number of ether oxygens (including phenoxy) is 1. The second-order valence-electron chi connectivity index (χ2n) is 6.11. The van der Waals surface area contributed by atoms with Gasteiger partial charge in [0.2, 0.25) is 5.78 Å². The fraction of sp³-hybridized carbons (Fsp3) is 0.0476. The zero-order valence-corrected chi connectivity index (χ0v) is 15.8. The van der Waals surface area contributed by atoms with E-state index in [1.165, 1.54) is 25.4 Å². The van der Waals surface area contributed by atoms with Gasteiger partial charge in [-0.05, 0) is 48.5 Å². The maximum atomic E-state index is 13.4. The maximum Gasteiger partial charge on any atom is 0.268 e. The lowest BCUT2D eigenvalue weighted by Crippen LogP contribution is -2.19. The highest BCUT2D eigenvalue weighted by Crippen LogP contribution is 2.29. The third-order valence-electron chi connectivity index (χ3n) is 4.40. The van der Waals surface area contributed by atoms with Crippen molar-refractivity contribution in [3.05, 3.63) is 90.4 Å². The molecule has 0 amide bonds. The van der Waals surface area contributed by atoms with Gasteiger partial charge in [0.15, 0.2) is 0 Å². The summed E-state index contributed by atoms with van der Waals surface area (Å²) in [5.41, 5.74) is 0.749. The molecule has 4 rings (SSSR count). The molecule has 0 aliphatic carbocycles. The Morgan fingerprint density at radius 3 is 2.46 bits per heavy atom. The van der Waals surface area contributed by atoms with Crippen LogP contribution in [0.15, 0.2) is 84.0 Å². The lowest BCUT2D eigenvalue weighted by molar-refractivity contribution is 0.103. The van der Waals surface area contributed by atoms with Gasteiger partial charge in [-0.1, -0.05) is 18.2 Å². The van der Waals surface area contributed by atoms with Crippen LogP contribution in [0.2, 0.25) is 0 Å². The van der Waals surface area contributed by atoms with Crippen LogP contribution in [0, 0.1) is 0 Å². The van der Waals surface area contributed by atoms with E-state index in [-0.39, 0.29) is 10.6 Å². The van der Waals surface area contributed by atoms with Crippen LogP contribution in [0.5, 0.6) is 5.75 Å². The number of pyridine rings is 1. The molecule has 0 saturated carbocycles. The topological polar surface area (TPSA) is 78.3 Å². The average molecular weight is 392 g/mol. The summed E-state index contributed by atoms with van der Waals surface area (Å²) in [7, 11) is -2.46. The van der Waals surface area contributed by atoms with Crippen LogP contribution in [0.4, 0.5) is 0 Å². The van der Waals surface area contributed by atoms with Gasteiger partial charge in [0.1, 0.15) is 11.4 Å². The molecule has 2 aromatic heterocycles. The Balaban J connectivity index is 2.02. The summed E-state index contributed by atoms with van der Waals surface area (Å²) in [6.45, 7) is 0. The molecule has 0 spiro atoms. The van der Waals surface area contributed by atoms with Crippen LogP contribution >= 0.6 is 0 Å². The number of fused-ring (bicyclic) bond motifs is 1. The van der Waals surface area contributed by atoms with E-state index in [1.807, 2.05) is 0 Å². The van der Waals surface area contributed by atoms with Crippen LogP contribution in [-0.4, -0.2) is 30.3 Å². The van der Waals surface area contributed by atoms with E-state index in [4.69, 9.17) is 4.74 Å². The summed E-state index contributed by atoms with van der Waals surface area (Å²) in [4.78, 5) is 17.2. The molecule has 0 radical (unpaired) electrons. The van der Waals surface area contributed by atoms with Crippen molar-refractivity contribution in [3.8, 4) is 5.75 Å². The lowest BCUT2D eigenvalue weighted by atomic mass is 10.1. The minimum atomic E-state index is -3.99. The molecule has 4 aromatic rings. The summed E-state index contributed by atoms with van der Waals surface area (Å²) < 4.78 is 33.1. The van der Waals surface area contributed by atoms with Crippen molar-refractivity contribution < 1.29 is 17.9 Å². The minimum absolute atomic E-state index is 0.0418. The zero-order valence-electron chi connectivity index (χ0n) is 14.9. The van der Waals surface area contributed by atoms with Crippen molar-refractivity contribution in [2.45, 2.75) is 4.90 Å². The van der Waals surface area contributed by atoms with Crippen LogP contribution in [0.3, 0.4) is 0 Å². The first-order valence-corrected chi connectivity index (χ1v) is 9.91. The van der Waals surface area contributed by atoms with Crippen LogP contribution in [-0.2, 0) is 10.0 Å². The smallest absolute Gasteiger partial charge is 0.268 e. The van der Waals surface area contributed by atoms with Gasteiger partial charge in [-0.2, -0.15) is 0 Å². The molecular formula is C21H16N2O4S. The Bertz CT molecular complexity index is 1260. The quantitative estimate of drug-likeness (QED) is 0.486. The molecule has 0 atom stereocenters. The van der Waals surface area contributed by atoms with Gasteiger partial charge in [-0.15, -0.1) is 0 Å². The fourth-order valence-corrected chi connectivity index (χ4v) is 4.59. The van der Waals surface area contributed by atoms with Gasteiger partial charge in [-0.25, -0.2) is 12.4 Å². The van der Waals surface area contributed by atoms with E-state index in [1.54, 1.807) is 60.8 Å². The Morgan fingerprint density at radius 1 is 1.00 bits per heavy atom. The molecule has 6 nitrogen and oxygen atoms in total. The third kappa shape index (κ3) is 2.95. The largest absolute Gasteiger partial charge is 0.497 e. The van der Waals surface area contributed by atoms with E-state index in [0.29, 0.717) is 22.2 Å². The fourth-order valence-electron chi connectivity index (χ4n) is 3.06. The Morgan fingerprint density at radius 2 is 1.79 bits per heavy atom. The summed E-state index contributed by atoms with van der Waals surface area (Å²) in [6, 6.07) is 17.8. The number of hydrogen-bond acceptors (Lipinski definition) is 5. The molecule has 0 saturated heterocycles. The monoisotopic (exact) mass is 392 g/mol. The zero-order chi connectivity index (χ0) is 19.7. The van der Waals surface area contributed by atoms with Crippen molar-refractivity contribution in [1.82, 2.24) is 8.96 Å². The van der Waals surface area contributed by atoms with E-state index >= 15 is 0 Å². The molecule has 2 heterocycles. The predicted molar refractivity (Wildman–Crippen MR) is 105 cm³/mol. The van der Waals surface area contributed by atoms with Crippen molar-refractivity contribution in [1.29, 1.82) is 0 Å². The second kappa shape index (κ2) is 6.94. The van der Waals surface area contributed by atoms with Crippen LogP contribution in [0.1, 0.15) is 16.1 Å². The highest BCUT2D eigenvalue weighted by atomic mass is 32.2. The number of hydrogen-bond donors (Lipinski definition) is 0. The Kier molecular flexibility index (Phi) is 4.44. The number of methoxy groups -OCH3 is 1. The van der Waals surface area contributed by atoms with Crippen molar-refractivity contribution in [2.24, 2.45) is 0 Å². The van der Waals surface area contributed by atoms with Gasteiger partial charge in [0, 0.05) is 23.3 Å². The summed E-state index contributed by atoms with van der Waals surface area (Å²) in [5, 5.41) is 0.589. The van der Waals surface area contributed by atoms with Gasteiger partial charge >= 0.3 is 0 Å². The molecule has 0 aliphatic rings. The first-order chi connectivity index (χ1) is 13.5. The highest BCUT2D eigenvalue weighted by Gasteiger charge is 2.27. The molecule has 0 unspecified atom stereocenters. The van der Waals surface area contributed by atoms with Gasteiger partial charge in [0.25, 0.3) is 10.0 Å². The third-order valence-corrected chi connectivity index (χ3v) is 6.14. The van der Waals surface area contributed by atoms with Crippen molar-refractivity contribution >= 4 is 26.7 Å². The van der Waals surface area contributed by atoms with Crippen LogP contribution in [0.25, 0.3) is 10.9 Å². The minimum Gasteiger partial charge on any atom is -0.497 e. The molecule has 2 aromatic carbocycles. The molecule has 7 heteroatoms. The molecule has 28 heavy (non-hydrogen) atoms. The maximum absolute atomic E-state index is 13.4. The average Bonchev–Trinajstić information content (AvgIpc) is 3.13. The first kappa shape index (κ1) is 17.9. The Labute approximate surface area is 162 Å². The van der Waals surface area contributed by atoms with E-state index < -0.39 is 15.8 Å². The molecule has 0 fully saturated rings. The molecule has 140 valence electrons. The number of carbonyl (C=O) groups excluding carboxylic acids is 1. The van der Waals surface area contributed by atoms with Crippen LogP contribution < -0.4 is 4.74 Å². The summed E-state index contributed by atoms with van der Waals surface area (Å²) >= 11 is 0. The number of carbonyl (C=O) groups is 1. The predicted octanol–water partition coefficient (Wildman–Crippen LogP) is 3.51. The van der Waals surface area contributed by atoms with Gasteiger partial charge in [-0.3, -0.25) is 9.78 Å². The first-order valence-electron chi connectivity index (χ1n) is 8.47. The number of benzene rings is 2. The lowest BCUT2D eigenvalue weighted by Gasteiger charge is -2.11. The number of rotatable bonds is 5. The van der Waals surface area contributed by atoms with E-state index in [0.717, 1.165) is 3.97 Å². The summed E-state index contributed by atoms with van der Waals surface area (Å²) in [6.07, 6.45) is 2.97. The Hall–Kier alpha value is -3.45. The standard InChI is InChI=1S/C21H16N2O4S/c1-27-17-9-10-19-16(12-17)13-20(21(24)15-6-5-11-22-14-15)23(19)28(25,26)18-7-3-2-4-8-18/h2-14H,1H3. The number of nitrogens with zero attached hydrogens (tertiary/aromatic N) is 2. The normalized spacial score (nSPS) is 11.5. The van der Waals surface area contributed by atoms with Gasteiger partial charge < -0.3 is 4.74 Å². The number of aromatic nitrogens is 2. The molecular weight excluding hydrogens is 376 g/mol. The molecule has 0 aliphatic heterocycles. The van der Waals surface area contributed by atoms with Crippen molar-refractivity contribution in [3.63, 3.8) is 0 Å². The SMILES string of the molecule is COc1ccc2c(c1)cc(C(=O)c1cccnc1)n2S(=O)(=O)c1ccccc1. The number of ketones is 1. The molecule has 0 bridgehead atoms. The van der Waals surface area contributed by atoms with E-state index in [2.05, 4.69) is 4.98 Å². The van der Waals surface area contributed by atoms with E-state index in [9.17, 15) is 13.2 Å². The summed E-state index contributed by atoms with van der Waals surface area (Å²) in [5.74, 6) is 0.143. The van der Waals surface area contributed by atoms with Crippen molar-refractivity contribution in [2.75, 3.05) is 7.11 Å². The molecule has 0 N–H and O–H groups in total.